The molecular formula is C20H37NO5Si. The van der Waals surface area contributed by atoms with Gasteiger partial charge in [-0.05, 0) is 63.7 Å². The maximum atomic E-state index is 12.4. The Hall–Kier alpha value is -1.34. The van der Waals surface area contributed by atoms with E-state index in [-0.39, 0.29) is 18.2 Å². The van der Waals surface area contributed by atoms with Gasteiger partial charge < -0.3 is 19.2 Å². The number of ether oxygens (including phenoxy) is 2. The van der Waals surface area contributed by atoms with Crippen molar-refractivity contribution >= 4 is 20.4 Å². The summed E-state index contributed by atoms with van der Waals surface area (Å²) in [6.45, 7) is 16.1. The summed E-state index contributed by atoms with van der Waals surface area (Å²) in [5, 5.41) is 2.73. The van der Waals surface area contributed by atoms with E-state index >= 15 is 0 Å². The van der Waals surface area contributed by atoms with Crippen LogP contribution >= 0.6 is 0 Å². The van der Waals surface area contributed by atoms with Gasteiger partial charge in [-0.1, -0.05) is 26.8 Å². The molecule has 1 unspecified atom stereocenters. The van der Waals surface area contributed by atoms with Crippen LogP contribution in [0.1, 0.15) is 60.8 Å². The Kier molecular flexibility index (Phi) is 8.10. The van der Waals surface area contributed by atoms with Crippen molar-refractivity contribution in [3.05, 3.63) is 11.6 Å². The van der Waals surface area contributed by atoms with Gasteiger partial charge in [0.2, 0.25) is 0 Å². The molecule has 27 heavy (non-hydrogen) atoms. The van der Waals surface area contributed by atoms with Gasteiger partial charge in [0.1, 0.15) is 18.3 Å². The predicted molar refractivity (Wildman–Crippen MR) is 109 cm³/mol. The normalized spacial score (nSPS) is 16.5. The van der Waals surface area contributed by atoms with Gasteiger partial charge in [0.25, 0.3) is 0 Å². The lowest BCUT2D eigenvalue weighted by Crippen LogP contribution is -2.43. The van der Waals surface area contributed by atoms with Crippen molar-refractivity contribution in [2.75, 3.05) is 13.2 Å². The van der Waals surface area contributed by atoms with Crippen LogP contribution in [0.25, 0.3) is 0 Å². The number of hydrogen-bond acceptors (Lipinski definition) is 5. The largest absolute Gasteiger partial charge is 0.454 e. The fourth-order valence-electron chi connectivity index (χ4n) is 2.38. The lowest BCUT2D eigenvalue weighted by atomic mass is 10.1. The summed E-state index contributed by atoms with van der Waals surface area (Å²) in [6, 6.07) is 0. The van der Waals surface area contributed by atoms with Gasteiger partial charge in [-0.3, -0.25) is 0 Å². The number of alkyl carbamates (subject to hydrolysis) is 1. The monoisotopic (exact) mass is 399 g/mol. The van der Waals surface area contributed by atoms with Crippen LogP contribution in [0.5, 0.6) is 0 Å². The second kappa shape index (κ2) is 9.23. The SMILES string of the molecule is CC(C)(C)OC(=O)NCC(OC(=O)CO[Si](C)(C)C(C)(C)C)C1=CCCC1. The minimum Gasteiger partial charge on any atom is -0.454 e. The zero-order valence-electron chi connectivity index (χ0n) is 18.2. The van der Waals surface area contributed by atoms with Gasteiger partial charge in [0.05, 0.1) is 6.54 Å². The van der Waals surface area contributed by atoms with Crippen molar-refractivity contribution in [3.63, 3.8) is 0 Å². The Bertz CT molecular complexity index is 558. The van der Waals surface area contributed by atoms with Gasteiger partial charge in [0.15, 0.2) is 8.32 Å². The molecule has 0 aromatic heterocycles. The smallest absolute Gasteiger partial charge is 0.407 e. The van der Waals surface area contributed by atoms with E-state index < -0.39 is 32.1 Å². The summed E-state index contributed by atoms with van der Waals surface area (Å²) < 4.78 is 16.8. The molecule has 1 amide bonds. The van der Waals surface area contributed by atoms with Crippen molar-refractivity contribution in [3.8, 4) is 0 Å². The third-order valence-electron chi connectivity index (χ3n) is 4.95. The maximum Gasteiger partial charge on any atom is 0.407 e. The van der Waals surface area contributed by atoms with E-state index in [1.54, 1.807) is 0 Å². The molecule has 7 heteroatoms. The van der Waals surface area contributed by atoms with Crippen LogP contribution < -0.4 is 5.32 Å². The topological polar surface area (TPSA) is 73.9 Å². The third kappa shape index (κ3) is 8.47. The first-order valence-electron chi connectivity index (χ1n) is 9.70. The molecule has 0 fully saturated rings. The van der Waals surface area contributed by atoms with E-state index in [9.17, 15) is 9.59 Å². The Morgan fingerprint density at radius 3 is 2.30 bits per heavy atom. The lowest BCUT2D eigenvalue weighted by molar-refractivity contribution is -0.150. The highest BCUT2D eigenvalue weighted by molar-refractivity contribution is 6.74. The van der Waals surface area contributed by atoms with E-state index in [2.05, 4.69) is 45.3 Å². The van der Waals surface area contributed by atoms with Crippen molar-refractivity contribution in [1.29, 1.82) is 0 Å². The van der Waals surface area contributed by atoms with E-state index in [1.165, 1.54) is 0 Å². The molecule has 156 valence electrons. The molecule has 1 atom stereocenters. The number of hydrogen-bond donors (Lipinski definition) is 1. The number of carbonyl (C=O) groups is 2. The molecule has 1 aliphatic rings. The molecule has 0 spiro atoms. The van der Waals surface area contributed by atoms with Crippen LogP contribution in [0.15, 0.2) is 11.6 Å². The summed E-state index contributed by atoms with van der Waals surface area (Å²) in [7, 11) is -2.02. The Morgan fingerprint density at radius 2 is 1.81 bits per heavy atom. The first-order chi connectivity index (χ1) is 12.2. The van der Waals surface area contributed by atoms with E-state index in [0.29, 0.717) is 0 Å². The van der Waals surface area contributed by atoms with Gasteiger partial charge >= 0.3 is 12.1 Å². The quantitative estimate of drug-likeness (QED) is 0.386. The van der Waals surface area contributed by atoms with Crippen molar-refractivity contribution in [2.45, 2.75) is 90.6 Å². The summed E-state index contributed by atoms with van der Waals surface area (Å²) in [5.74, 6) is -0.399. The Labute approximate surface area is 165 Å². The summed E-state index contributed by atoms with van der Waals surface area (Å²) in [6.07, 6.45) is 3.97. The molecule has 1 N–H and O–H groups in total. The molecule has 6 nitrogen and oxygen atoms in total. The molecule has 1 rings (SSSR count). The van der Waals surface area contributed by atoms with Gasteiger partial charge in [-0.25, -0.2) is 9.59 Å². The van der Waals surface area contributed by atoms with Gasteiger partial charge in [0, 0.05) is 0 Å². The van der Waals surface area contributed by atoms with Crippen LogP contribution in [0.2, 0.25) is 18.1 Å². The second-order valence-corrected chi connectivity index (χ2v) is 14.4. The Balaban J connectivity index is 2.62. The molecule has 0 saturated carbocycles. The van der Waals surface area contributed by atoms with Crippen LogP contribution in [0.3, 0.4) is 0 Å². The summed E-state index contributed by atoms with van der Waals surface area (Å²) in [5.41, 5.74) is 0.478. The first kappa shape index (κ1) is 23.7. The number of nitrogens with one attached hydrogen (secondary N) is 1. The molecular weight excluding hydrogens is 362 g/mol. The van der Waals surface area contributed by atoms with Crippen molar-refractivity contribution in [2.24, 2.45) is 0 Å². The minimum atomic E-state index is -2.02. The second-order valence-electron chi connectivity index (χ2n) is 9.58. The van der Waals surface area contributed by atoms with Crippen LogP contribution in [-0.4, -0.2) is 45.2 Å². The van der Waals surface area contributed by atoms with Crippen LogP contribution in [0.4, 0.5) is 4.79 Å². The van der Waals surface area contributed by atoms with Crippen molar-refractivity contribution < 1.29 is 23.5 Å². The standard InChI is InChI=1S/C20H37NO5Si/c1-19(2,3)26-18(23)21-13-16(15-11-9-10-12-15)25-17(22)14-24-27(7,8)20(4,5)6/h11,16H,9-10,12-14H2,1-8H3,(H,21,23). The van der Waals surface area contributed by atoms with E-state index in [1.807, 2.05) is 20.8 Å². The van der Waals surface area contributed by atoms with E-state index in [4.69, 9.17) is 13.9 Å². The number of rotatable bonds is 7. The fourth-order valence-corrected chi connectivity index (χ4v) is 3.29. The molecule has 0 heterocycles. The minimum absolute atomic E-state index is 0.0267. The average molecular weight is 400 g/mol. The average Bonchev–Trinajstić information content (AvgIpc) is 3.00. The molecule has 1 aliphatic carbocycles. The predicted octanol–water partition coefficient (Wildman–Crippen LogP) is 4.56. The number of carbonyl (C=O) groups excluding carboxylic acids is 2. The highest BCUT2D eigenvalue weighted by atomic mass is 28.4. The molecule has 0 saturated heterocycles. The Morgan fingerprint density at radius 1 is 1.19 bits per heavy atom. The molecule has 0 aromatic carbocycles. The molecule has 0 aliphatic heterocycles. The van der Waals surface area contributed by atoms with Crippen molar-refractivity contribution in [1.82, 2.24) is 5.32 Å². The zero-order valence-corrected chi connectivity index (χ0v) is 19.2. The first-order valence-corrected chi connectivity index (χ1v) is 12.6. The molecule has 0 radical (unpaired) electrons. The molecule has 0 aromatic rings. The lowest BCUT2D eigenvalue weighted by Gasteiger charge is -2.35. The van der Waals surface area contributed by atoms with Gasteiger partial charge in [-0.15, -0.1) is 0 Å². The summed E-state index contributed by atoms with van der Waals surface area (Å²) in [4.78, 5) is 24.3. The summed E-state index contributed by atoms with van der Waals surface area (Å²) >= 11 is 0. The van der Waals surface area contributed by atoms with Gasteiger partial charge in [-0.2, -0.15) is 0 Å². The molecule has 0 bridgehead atoms. The number of amides is 1. The fraction of sp³-hybridized carbons (Fsp3) is 0.800. The maximum absolute atomic E-state index is 12.4. The number of allylic oxidation sites excluding steroid dienone is 1. The van der Waals surface area contributed by atoms with E-state index in [0.717, 1.165) is 24.8 Å². The highest BCUT2D eigenvalue weighted by Crippen LogP contribution is 2.36. The third-order valence-corrected chi connectivity index (χ3v) is 9.43. The van der Waals surface area contributed by atoms with Crippen LogP contribution in [-0.2, 0) is 18.7 Å². The van der Waals surface area contributed by atoms with Crippen LogP contribution in [0, 0.1) is 0 Å². The number of esters is 1. The highest BCUT2D eigenvalue weighted by Gasteiger charge is 2.38. The zero-order chi connectivity index (χ0) is 20.9.